The summed E-state index contributed by atoms with van der Waals surface area (Å²) in [5.41, 5.74) is 0. The lowest BCUT2D eigenvalue weighted by molar-refractivity contribution is -0.145. The number of hydrogen-bond acceptors (Lipinski definition) is 4. The van der Waals surface area contributed by atoms with Crippen molar-refractivity contribution in [1.29, 1.82) is 0 Å². The Bertz CT molecular complexity index is 237. The summed E-state index contributed by atoms with van der Waals surface area (Å²) in [5, 5.41) is 11.1. The lowest BCUT2D eigenvalue weighted by atomic mass is 10.2. The van der Waals surface area contributed by atoms with Gasteiger partial charge in [-0.1, -0.05) is 0 Å². The second kappa shape index (κ2) is 5.67. The second-order valence-electron chi connectivity index (χ2n) is 3.36. The SMILES string of the molecule is COCC(NC(=O)C1CCCO1)C(=O)O. The van der Waals surface area contributed by atoms with E-state index in [1.807, 2.05) is 0 Å². The minimum atomic E-state index is -1.11. The number of rotatable bonds is 5. The van der Waals surface area contributed by atoms with Gasteiger partial charge in [-0.2, -0.15) is 0 Å². The number of aliphatic carboxylic acids is 1. The van der Waals surface area contributed by atoms with Crippen LogP contribution >= 0.6 is 0 Å². The number of carbonyl (C=O) groups is 2. The lowest BCUT2D eigenvalue weighted by Crippen LogP contribution is -2.47. The van der Waals surface area contributed by atoms with E-state index in [-0.39, 0.29) is 12.5 Å². The van der Waals surface area contributed by atoms with Crippen LogP contribution in [0.4, 0.5) is 0 Å². The summed E-state index contributed by atoms with van der Waals surface area (Å²) in [6, 6.07) is -1.01. The average molecular weight is 217 g/mol. The van der Waals surface area contributed by atoms with Gasteiger partial charge < -0.3 is 19.9 Å². The van der Waals surface area contributed by atoms with Crippen LogP contribution in [0.3, 0.4) is 0 Å². The summed E-state index contributed by atoms with van der Waals surface area (Å²) in [6.45, 7) is 0.508. The van der Waals surface area contributed by atoms with Crippen molar-refractivity contribution in [1.82, 2.24) is 5.32 Å². The molecule has 0 spiro atoms. The maximum absolute atomic E-state index is 11.5. The molecule has 15 heavy (non-hydrogen) atoms. The van der Waals surface area contributed by atoms with Crippen LogP contribution in [0, 0.1) is 0 Å². The Kier molecular flexibility index (Phi) is 4.51. The van der Waals surface area contributed by atoms with E-state index in [1.165, 1.54) is 7.11 Å². The summed E-state index contributed by atoms with van der Waals surface area (Å²) in [5.74, 6) is -1.49. The first-order valence-corrected chi connectivity index (χ1v) is 4.79. The Labute approximate surface area is 87.5 Å². The molecule has 1 fully saturated rings. The third-order valence-electron chi connectivity index (χ3n) is 2.17. The van der Waals surface area contributed by atoms with Crippen LogP contribution in [0.2, 0.25) is 0 Å². The van der Waals surface area contributed by atoms with Crippen molar-refractivity contribution in [2.75, 3.05) is 20.3 Å². The van der Waals surface area contributed by atoms with Crippen LogP contribution in [-0.2, 0) is 19.1 Å². The van der Waals surface area contributed by atoms with Crippen molar-refractivity contribution < 1.29 is 24.2 Å². The number of ether oxygens (including phenoxy) is 2. The molecule has 0 bridgehead atoms. The number of nitrogens with one attached hydrogen (secondary N) is 1. The highest BCUT2D eigenvalue weighted by Gasteiger charge is 2.27. The Hall–Kier alpha value is -1.14. The van der Waals surface area contributed by atoms with Gasteiger partial charge >= 0.3 is 5.97 Å². The molecule has 0 radical (unpaired) electrons. The van der Waals surface area contributed by atoms with Crippen molar-refractivity contribution in [3.05, 3.63) is 0 Å². The molecule has 0 aromatic carbocycles. The average Bonchev–Trinajstić information content (AvgIpc) is 2.69. The van der Waals surface area contributed by atoms with Crippen molar-refractivity contribution in [3.8, 4) is 0 Å². The molecule has 6 nitrogen and oxygen atoms in total. The van der Waals surface area contributed by atoms with Crippen molar-refractivity contribution in [2.45, 2.75) is 25.0 Å². The molecule has 2 N–H and O–H groups in total. The van der Waals surface area contributed by atoms with Crippen LogP contribution in [0.5, 0.6) is 0 Å². The van der Waals surface area contributed by atoms with Gasteiger partial charge in [-0.25, -0.2) is 4.79 Å². The summed E-state index contributed by atoms with van der Waals surface area (Å²) >= 11 is 0. The van der Waals surface area contributed by atoms with Gasteiger partial charge in [0.05, 0.1) is 6.61 Å². The van der Waals surface area contributed by atoms with E-state index in [2.05, 4.69) is 5.32 Å². The Morgan fingerprint density at radius 3 is 2.87 bits per heavy atom. The molecule has 86 valence electrons. The fourth-order valence-electron chi connectivity index (χ4n) is 1.39. The fraction of sp³-hybridized carbons (Fsp3) is 0.778. The summed E-state index contributed by atoms with van der Waals surface area (Å²) < 4.78 is 9.82. The van der Waals surface area contributed by atoms with Crippen LogP contribution in [0.1, 0.15) is 12.8 Å². The van der Waals surface area contributed by atoms with E-state index in [1.54, 1.807) is 0 Å². The normalized spacial score (nSPS) is 22.3. The number of methoxy groups -OCH3 is 1. The van der Waals surface area contributed by atoms with E-state index in [0.717, 1.165) is 6.42 Å². The summed E-state index contributed by atoms with van der Waals surface area (Å²) in [4.78, 5) is 22.2. The third-order valence-corrected chi connectivity index (χ3v) is 2.17. The van der Waals surface area contributed by atoms with E-state index in [9.17, 15) is 9.59 Å². The highest BCUT2D eigenvalue weighted by Crippen LogP contribution is 2.11. The van der Waals surface area contributed by atoms with E-state index in [4.69, 9.17) is 14.6 Å². The Balaban J connectivity index is 2.42. The number of carboxylic acids is 1. The second-order valence-corrected chi connectivity index (χ2v) is 3.36. The number of carboxylic acid groups (broad SMARTS) is 1. The number of hydrogen-bond donors (Lipinski definition) is 2. The molecule has 2 unspecified atom stereocenters. The standard InChI is InChI=1S/C9H15NO5/c1-14-5-6(9(12)13)10-8(11)7-3-2-4-15-7/h6-7H,2-5H2,1H3,(H,10,11)(H,12,13). The van der Waals surface area contributed by atoms with Crippen molar-refractivity contribution >= 4 is 11.9 Å². The Morgan fingerprint density at radius 2 is 2.40 bits per heavy atom. The van der Waals surface area contributed by atoms with Crippen LogP contribution < -0.4 is 5.32 Å². The molecule has 1 saturated heterocycles. The first-order valence-electron chi connectivity index (χ1n) is 4.79. The van der Waals surface area contributed by atoms with Gasteiger partial charge in [0, 0.05) is 13.7 Å². The lowest BCUT2D eigenvalue weighted by Gasteiger charge is -2.16. The van der Waals surface area contributed by atoms with Gasteiger partial charge in [0.15, 0.2) is 6.04 Å². The van der Waals surface area contributed by atoms with Crippen LogP contribution in [-0.4, -0.2) is 49.5 Å². The molecule has 0 saturated carbocycles. The van der Waals surface area contributed by atoms with E-state index < -0.39 is 18.1 Å². The van der Waals surface area contributed by atoms with E-state index in [0.29, 0.717) is 13.0 Å². The van der Waals surface area contributed by atoms with Crippen molar-refractivity contribution in [2.24, 2.45) is 0 Å². The van der Waals surface area contributed by atoms with E-state index >= 15 is 0 Å². The maximum atomic E-state index is 11.5. The maximum Gasteiger partial charge on any atom is 0.328 e. The zero-order valence-electron chi connectivity index (χ0n) is 8.56. The first-order chi connectivity index (χ1) is 7.15. The minimum Gasteiger partial charge on any atom is -0.480 e. The molecule has 2 atom stereocenters. The van der Waals surface area contributed by atoms with Crippen molar-refractivity contribution in [3.63, 3.8) is 0 Å². The number of amides is 1. The molecule has 1 aliphatic rings. The van der Waals surface area contributed by atoms with Gasteiger partial charge in [0.25, 0.3) is 0 Å². The predicted molar refractivity (Wildman–Crippen MR) is 50.4 cm³/mol. The molecule has 1 rings (SSSR count). The Morgan fingerprint density at radius 1 is 1.67 bits per heavy atom. The first kappa shape index (κ1) is 11.9. The highest BCUT2D eigenvalue weighted by atomic mass is 16.5. The molecule has 1 heterocycles. The zero-order chi connectivity index (χ0) is 11.3. The topological polar surface area (TPSA) is 84.9 Å². The molecule has 1 amide bonds. The third kappa shape index (κ3) is 3.49. The largest absolute Gasteiger partial charge is 0.480 e. The van der Waals surface area contributed by atoms with Gasteiger partial charge in [0.2, 0.25) is 5.91 Å². The highest BCUT2D eigenvalue weighted by molar-refractivity contribution is 5.86. The molecule has 1 aliphatic heterocycles. The molecule has 0 aromatic rings. The molecular weight excluding hydrogens is 202 g/mol. The molecule has 0 aliphatic carbocycles. The quantitative estimate of drug-likeness (QED) is 0.641. The van der Waals surface area contributed by atoms with Crippen LogP contribution in [0.25, 0.3) is 0 Å². The minimum absolute atomic E-state index is 0.0478. The van der Waals surface area contributed by atoms with Gasteiger partial charge in [0.1, 0.15) is 6.10 Å². The summed E-state index contributed by atoms with van der Waals surface area (Å²) in [6.07, 6.45) is 0.967. The van der Waals surface area contributed by atoms with Gasteiger partial charge in [-0.05, 0) is 12.8 Å². The monoisotopic (exact) mass is 217 g/mol. The number of carbonyl (C=O) groups excluding carboxylic acids is 1. The molecule has 6 heteroatoms. The zero-order valence-corrected chi connectivity index (χ0v) is 8.56. The molecular formula is C9H15NO5. The van der Waals surface area contributed by atoms with Gasteiger partial charge in [-0.15, -0.1) is 0 Å². The van der Waals surface area contributed by atoms with Gasteiger partial charge in [-0.3, -0.25) is 4.79 Å². The fourth-order valence-corrected chi connectivity index (χ4v) is 1.39. The molecule has 0 aromatic heterocycles. The summed E-state index contributed by atoms with van der Waals surface area (Å²) in [7, 11) is 1.38. The van der Waals surface area contributed by atoms with Crippen LogP contribution in [0.15, 0.2) is 0 Å². The predicted octanol–water partition coefficient (Wildman–Crippen LogP) is -0.619. The smallest absolute Gasteiger partial charge is 0.328 e.